The molecular weight excluding hydrogens is 332 g/mol. The number of anilines is 2. The first-order valence-corrected chi connectivity index (χ1v) is 8.50. The second-order valence-corrected chi connectivity index (χ2v) is 6.45. The number of hydrogen-bond donors (Lipinski definition) is 2. The quantitative estimate of drug-likeness (QED) is 0.583. The van der Waals surface area contributed by atoms with Crippen molar-refractivity contribution in [1.82, 2.24) is 9.97 Å². The second-order valence-electron chi connectivity index (χ2n) is 5.45. The summed E-state index contributed by atoms with van der Waals surface area (Å²) >= 11 is 1.30. The van der Waals surface area contributed by atoms with Crippen molar-refractivity contribution in [2.75, 3.05) is 11.1 Å². The third kappa shape index (κ3) is 2.95. The van der Waals surface area contributed by atoms with Gasteiger partial charge in [0.05, 0.1) is 11.4 Å². The number of aromatic nitrogens is 2. The van der Waals surface area contributed by atoms with Gasteiger partial charge in [0.2, 0.25) is 0 Å². The van der Waals surface area contributed by atoms with E-state index in [-0.39, 0.29) is 5.91 Å². The number of para-hydroxylation sites is 1. The number of nitrogens with one attached hydrogen (secondary N) is 1. The van der Waals surface area contributed by atoms with Gasteiger partial charge in [0.15, 0.2) is 0 Å². The second kappa shape index (κ2) is 6.33. The van der Waals surface area contributed by atoms with Gasteiger partial charge in [-0.25, -0.2) is 4.98 Å². The highest BCUT2D eigenvalue weighted by atomic mass is 32.1. The molecule has 122 valence electrons. The van der Waals surface area contributed by atoms with Gasteiger partial charge in [-0.05, 0) is 36.4 Å². The highest BCUT2D eigenvalue weighted by Gasteiger charge is 2.18. The van der Waals surface area contributed by atoms with Gasteiger partial charge in [0.25, 0.3) is 5.91 Å². The minimum absolute atomic E-state index is 0.225. The number of hydrogen-bond acceptors (Lipinski definition) is 5. The lowest BCUT2D eigenvalue weighted by atomic mass is 10.1. The van der Waals surface area contributed by atoms with Crippen LogP contribution in [0.1, 0.15) is 9.67 Å². The van der Waals surface area contributed by atoms with E-state index in [1.807, 2.05) is 54.6 Å². The number of nitrogen functional groups attached to an aromatic ring is 1. The monoisotopic (exact) mass is 346 g/mol. The van der Waals surface area contributed by atoms with Crippen LogP contribution in [-0.2, 0) is 0 Å². The van der Waals surface area contributed by atoms with Gasteiger partial charge in [-0.2, -0.15) is 0 Å². The molecule has 5 nitrogen and oxygen atoms in total. The molecule has 4 aromatic rings. The summed E-state index contributed by atoms with van der Waals surface area (Å²) in [7, 11) is 0. The summed E-state index contributed by atoms with van der Waals surface area (Å²) in [6.07, 6.45) is 3.45. The molecule has 1 amide bonds. The molecule has 3 aromatic heterocycles. The van der Waals surface area contributed by atoms with E-state index in [0.717, 1.165) is 27.2 Å². The first-order valence-electron chi connectivity index (χ1n) is 7.68. The topological polar surface area (TPSA) is 80.9 Å². The van der Waals surface area contributed by atoms with Crippen molar-refractivity contribution in [2.24, 2.45) is 0 Å². The summed E-state index contributed by atoms with van der Waals surface area (Å²) in [4.78, 5) is 22.4. The molecule has 0 saturated carbocycles. The summed E-state index contributed by atoms with van der Waals surface area (Å²) in [5.74, 6) is -0.225. The number of nitrogens with zero attached hydrogens (tertiary/aromatic N) is 2. The number of nitrogens with two attached hydrogens (primary N) is 1. The van der Waals surface area contributed by atoms with Crippen LogP contribution in [0, 0.1) is 0 Å². The fraction of sp³-hybridized carbons (Fsp3) is 0. The summed E-state index contributed by atoms with van der Waals surface area (Å²) in [6.45, 7) is 0. The Kier molecular flexibility index (Phi) is 3.87. The molecule has 1 aromatic carbocycles. The average molecular weight is 346 g/mol. The molecule has 0 unspecified atom stereocenters. The predicted molar refractivity (Wildman–Crippen MR) is 102 cm³/mol. The molecule has 0 spiro atoms. The van der Waals surface area contributed by atoms with E-state index in [1.54, 1.807) is 12.4 Å². The van der Waals surface area contributed by atoms with E-state index in [0.29, 0.717) is 10.6 Å². The van der Waals surface area contributed by atoms with Crippen molar-refractivity contribution in [3.63, 3.8) is 0 Å². The summed E-state index contributed by atoms with van der Waals surface area (Å²) in [5, 5.41) is 3.65. The Bertz CT molecular complexity index is 1050. The minimum Gasteiger partial charge on any atom is -0.397 e. The predicted octanol–water partition coefficient (Wildman–Crippen LogP) is 4.19. The highest BCUT2D eigenvalue weighted by Crippen LogP contribution is 2.34. The van der Waals surface area contributed by atoms with Crippen LogP contribution in [0.3, 0.4) is 0 Å². The first kappa shape index (κ1) is 15.3. The maximum Gasteiger partial charge on any atom is 0.267 e. The fourth-order valence-electron chi connectivity index (χ4n) is 2.56. The Balaban J connectivity index is 1.71. The lowest BCUT2D eigenvalue weighted by Crippen LogP contribution is -2.11. The molecule has 0 fully saturated rings. The maximum atomic E-state index is 12.5. The normalized spacial score (nSPS) is 10.7. The Morgan fingerprint density at radius 3 is 2.52 bits per heavy atom. The van der Waals surface area contributed by atoms with Crippen molar-refractivity contribution in [3.8, 4) is 11.3 Å². The van der Waals surface area contributed by atoms with Gasteiger partial charge in [-0.3, -0.25) is 9.78 Å². The van der Waals surface area contributed by atoms with Crippen molar-refractivity contribution >= 4 is 38.8 Å². The standard InChI is InChI=1S/C19H14N4OS/c20-16-14-6-7-15(12-8-10-21-11-9-12)23-19(14)25-17(16)18(24)22-13-4-2-1-3-5-13/h1-11H,20H2,(H,22,24). The van der Waals surface area contributed by atoms with E-state index in [9.17, 15) is 4.79 Å². The molecule has 0 atom stereocenters. The van der Waals surface area contributed by atoms with Crippen molar-refractivity contribution in [3.05, 3.63) is 71.9 Å². The van der Waals surface area contributed by atoms with Crippen LogP contribution in [0.15, 0.2) is 67.0 Å². The van der Waals surface area contributed by atoms with Crippen LogP contribution >= 0.6 is 11.3 Å². The Morgan fingerprint density at radius 1 is 1.00 bits per heavy atom. The number of fused-ring (bicyclic) bond motifs is 1. The first-order chi connectivity index (χ1) is 12.2. The van der Waals surface area contributed by atoms with Crippen LogP contribution in [0.4, 0.5) is 11.4 Å². The highest BCUT2D eigenvalue weighted by molar-refractivity contribution is 7.21. The van der Waals surface area contributed by atoms with E-state index in [2.05, 4.69) is 15.3 Å². The van der Waals surface area contributed by atoms with Crippen molar-refractivity contribution in [2.45, 2.75) is 0 Å². The van der Waals surface area contributed by atoms with Gasteiger partial charge < -0.3 is 11.1 Å². The van der Waals surface area contributed by atoms with Crippen molar-refractivity contribution in [1.29, 1.82) is 0 Å². The zero-order valence-electron chi connectivity index (χ0n) is 13.1. The summed E-state index contributed by atoms with van der Waals surface area (Å²) in [6, 6.07) is 16.9. The van der Waals surface area contributed by atoms with Crippen LogP contribution in [0.2, 0.25) is 0 Å². The minimum atomic E-state index is -0.225. The van der Waals surface area contributed by atoms with E-state index >= 15 is 0 Å². The molecule has 3 N–H and O–H groups in total. The third-order valence-corrected chi connectivity index (χ3v) is 4.92. The van der Waals surface area contributed by atoms with Crippen molar-refractivity contribution < 1.29 is 4.79 Å². The Morgan fingerprint density at radius 2 is 1.76 bits per heavy atom. The largest absolute Gasteiger partial charge is 0.397 e. The molecule has 0 aliphatic heterocycles. The molecule has 0 bridgehead atoms. The van der Waals surface area contributed by atoms with Gasteiger partial charge >= 0.3 is 0 Å². The van der Waals surface area contributed by atoms with Crippen LogP contribution in [0.5, 0.6) is 0 Å². The SMILES string of the molecule is Nc1c(C(=O)Nc2ccccc2)sc2nc(-c3ccncc3)ccc12. The van der Waals surface area contributed by atoms with E-state index in [1.165, 1.54) is 11.3 Å². The Hall–Kier alpha value is -3.25. The molecule has 0 saturated heterocycles. The average Bonchev–Trinajstić information content (AvgIpc) is 2.99. The lowest BCUT2D eigenvalue weighted by Gasteiger charge is -2.03. The van der Waals surface area contributed by atoms with Gasteiger partial charge in [-0.15, -0.1) is 11.3 Å². The number of carbonyl (C=O) groups excluding carboxylic acids is 1. The number of amides is 1. The summed E-state index contributed by atoms with van der Waals surface area (Å²) < 4.78 is 0. The van der Waals surface area contributed by atoms with Crippen LogP contribution in [0.25, 0.3) is 21.5 Å². The number of thiophene rings is 1. The van der Waals surface area contributed by atoms with Gasteiger partial charge in [-0.1, -0.05) is 18.2 Å². The molecule has 25 heavy (non-hydrogen) atoms. The molecule has 4 rings (SSSR count). The van der Waals surface area contributed by atoms with Gasteiger partial charge in [0, 0.05) is 29.0 Å². The molecular formula is C19H14N4OS. The maximum absolute atomic E-state index is 12.5. The third-order valence-electron chi connectivity index (χ3n) is 3.81. The molecule has 0 radical (unpaired) electrons. The molecule has 6 heteroatoms. The molecule has 3 heterocycles. The Labute approximate surface area is 148 Å². The van der Waals surface area contributed by atoms with Gasteiger partial charge in [0.1, 0.15) is 9.71 Å². The van der Waals surface area contributed by atoms with Crippen LogP contribution < -0.4 is 11.1 Å². The number of rotatable bonds is 3. The lowest BCUT2D eigenvalue weighted by molar-refractivity contribution is 0.103. The number of benzene rings is 1. The molecule has 0 aliphatic carbocycles. The van der Waals surface area contributed by atoms with E-state index < -0.39 is 0 Å². The zero-order valence-corrected chi connectivity index (χ0v) is 14.0. The smallest absolute Gasteiger partial charge is 0.267 e. The zero-order chi connectivity index (χ0) is 17.2. The van der Waals surface area contributed by atoms with E-state index in [4.69, 9.17) is 5.73 Å². The number of pyridine rings is 2. The summed E-state index contributed by atoms with van der Waals surface area (Å²) in [5.41, 5.74) is 9.17. The fourth-order valence-corrected chi connectivity index (χ4v) is 3.55. The number of carbonyl (C=O) groups is 1. The molecule has 0 aliphatic rings. The van der Waals surface area contributed by atoms with Crippen LogP contribution in [-0.4, -0.2) is 15.9 Å².